The molecule has 2 aromatic carbocycles. The molecule has 0 unspecified atom stereocenters. The monoisotopic (exact) mass is 368 g/mol. The molecule has 0 saturated heterocycles. The molecule has 0 aliphatic rings. The van der Waals surface area contributed by atoms with E-state index in [4.69, 9.17) is 13.9 Å². The number of amides is 1. The molecule has 1 amide bonds. The van der Waals surface area contributed by atoms with E-state index in [2.05, 4.69) is 5.32 Å². The largest absolute Gasteiger partial charge is 0.497 e. The zero-order chi connectivity index (χ0) is 19.2. The topological polar surface area (TPSA) is 82.7 Å². The maximum atomic E-state index is 12.0. The van der Waals surface area contributed by atoms with Crippen molar-refractivity contribution in [1.29, 1.82) is 0 Å². The first-order valence-electron chi connectivity index (χ1n) is 8.38. The van der Waals surface area contributed by atoms with Crippen LogP contribution in [0, 0.1) is 0 Å². The minimum Gasteiger partial charge on any atom is -0.497 e. The van der Waals surface area contributed by atoms with Gasteiger partial charge < -0.3 is 19.2 Å². The van der Waals surface area contributed by atoms with Gasteiger partial charge in [0.2, 0.25) is 5.91 Å². The van der Waals surface area contributed by atoms with E-state index < -0.39 is 5.76 Å². The number of nitrogens with zero attached hydrogens (tertiary/aromatic N) is 1. The first-order valence-corrected chi connectivity index (χ1v) is 8.38. The van der Waals surface area contributed by atoms with Crippen molar-refractivity contribution in [2.75, 3.05) is 20.8 Å². The lowest BCUT2D eigenvalue weighted by atomic mass is 10.2. The Bertz CT molecular complexity index is 1030. The average molecular weight is 368 g/mol. The highest BCUT2D eigenvalue weighted by Gasteiger charge is 2.10. The average Bonchev–Trinajstić information content (AvgIpc) is 3.01. The lowest BCUT2D eigenvalue weighted by Gasteiger charge is -2.04. The van der Waals surface area contributed by atoms with Gasteiger partial charge >= 0.3 is 5.76 Å². The molecule has 7 heteroatoms. The molecule has 1 aromatic heterocycles. The molecule has 0 bridgehead atoms. The number of carbonyl (C=O) groups excluding carboxylic acids is 1. The number of benzene rings is 2. The molecule has 0 spiro atoms. The summed E-state index contributed by atoms with van der Waals surface area (Å²) >= 11 is 0. The molecule has 7 nitrogen and oxygen atoms in total. The van der Waals surface area contributed by atoms with Crippen molar-refractivity contribution in [2.45, 2.75) is 6.54 Å². The summed E-state index contributed by atoms with van der Waals surface area (Å²) in [6, 6.07) is 12.5. The zero-order valence-corrected chi connectivity index (χ0v) is 15.1. The van der Waals surface area contributed by atoms with Crippen LogP contribution in [0.4, 0.5) is 0 Å². The minimum absolute atomic E-state index is 0.250. The summed E-state index contributed by atoms with van der Waals surface area (Å²) in [6.07, 6.45) is 3.14. The summed E-state index contributed by atoms with van der Waals surface area (Å²) in [4.78, 5) is 24.0. The normalized spacial score (nSPS) is 11.0. The van der Waals surface area contributed by atoms with E-state index in [0.717, 1.165) is 11.3 Å². The van der Waals surface area contributed by atoms with Crippen molar-refractivity contribution < 1.29 is 18.7 Å². The Labute approximate surface area is 155 Å². The molecule has 1 N–H and O–H groups in total. The molecule has 0 saturated carbocycles. The van der Waals surface area contributed by atoms with Crippen LogP contribution in [0.5, 0.6) is 11.5 Å². The summed E-state index contributed by atoms with van der Waals surface area (Å²) in [7, 11) is 3.14. The second-order valence-electron chi connectivity index (χ2n) is 5.75. The van der Waals surface area contributed by atoms with Crippen molar-refractivity contribution in [2.24, 2.45) is 0 Å². The maximum Gasteiger partial charge on any atom is 0.420 e. The van der Waals surface area contributed by atoms with E-state index in [9.17, 15) is 9.59 Å². The van der Waals surface area contributed by atoms with Crippen molar-refractivity contribution in [3.8, 4) is 11.5 Å². The van der Waals surface area contributed by atoms with Crippen molar-refractivity contribution in [1.82, 2.24) is 9.88 Å². The van der Waals surface area contributed by atoms with Crippen LogP contribution in [0.1, 0.15) is 5.56 Å². The lowest BCUT2D eigenvalue weighted by molar-refractivity contribution is -0.116. The van der Waals surface area contributed by atoms with Crippen LogP contribution in [-0.2, 0) is 11.3 Å². The lowest BCUT2D eigenvalue weighted by Crippen LogP contribution is -2.28. The van der Waals surface area contributed by atoms with Gasteiger partial charge in [-0.3, -0.25) is 9.36 Å². The van der Waals surface area contributed by atoms with E-state index >= 15 is 0 Å². The molecule has 0 aliphatic heterocycles. The smallest absolute Gasteiger partial charge is 0.420 e. The summed E-state index contributed by atoms with van der Waals surface area (Å²) < 4.78 is 17.0. The molecule has 3 rings (SSSR count). The van der Waals surface area contributed by atoms with Gasteiger partial charge in [0.1, 0.15) is 11.5 Å². The summed E-state index contributed by atoms with van der Waals surface area (Å²) in [5.74, 6) is 0.611. The fourth-order valence-electron chi connectivity index (χ4n) is 2.65. The first-order chi connectivity index (χ1) is 13.1. The second kappa shape index (κ2) is 8.27. The zero-order valence-electron chi connectivity index (χ0n) is 15.1. The molecule has 0 fully saturated rings. The molecule has 0 atom stereocenters. The van der Waals surface area contributed by atoms with Crippen LogP contribution < -0.4 is 20.5 Å². The molecule has 0 aliphatic carbocycles. The third-order valence-electron chi connectivity index (χ3n) is 4.03. The third kappa shape index (κ3) is 4.38. The minimum atomic E-state index is -0.473. The van der Waals surface area contributed by atoms with E-state index in [-0.39, 0.29) is 5.91 Å². The predicted molar refractivity (Wildman–Crippen MR) is 102 cm³/mol. The Morgan fingerprint density at radius 1 is 1.15 bits per heavy atom. The number of methoxy groups -OCH3 is 2. The highest BCUT2D eigenvalue weighted by atomic mass is 16.5. The fourth-order valence-corrected chi connectivity index (χ4v) is 2.65. The molecular formula is C20H20N2O5. The highest BCUT2D eigenvalue weighted by molar-refractivity contribution is 5.91. The number of hydrogen-bond donors (Lipinski definition) is 1. The van der Waals surface area contributed by atoms with Crippen molar-refractivity contribution in [3.05, 3.63) is 64.7 Å². The molecule has 3 aromatic rings. The number of rotatable bonds is 7. The van der Waals surface area contributed by atoms with Gasteiger partial charge in [0.05, 0.1) is 19.7 Å². The number of ether oxygens (including phenoxy) is 2. The van der Waals surface area contributed by atoms with E-state index in [0.29, 0.717) is 29.9 Å². The Balaban J connectivity index is 1.60. The van der Waals surface area contributed by atoms with Gasteiger partial charge in [-0.1, -0.05) is 12.1 Å². The fraction of sp³-hybridized carbons (Fsp3) is 0.200. The Morgan fingerprint density at radius 3 is 2.70 bits per heavy atom. The van der Waals surface area contributed by atoms with Gasteiger partial charge in [0, 0.05) is 25.2 Å². The van der Waals surface area contributed by atoms with Crippen molar-refractivity contribution in [3.63, 3.8) is 0 Å². The number of nitrogens with one attached hydrogen (secondary N) is 1. The highest BCUT2D eigenvalue weighted by Crippen LogP contribution is 2.19. The summed E-state index contributed by atoms with van der Waals surface area (Å²) in [5.41, 5.74) is 1.96. The Kier molecular flexibility index (Phi) is 5.61. The number of fused-ring (bicyclic) bond motifs is 1. The number of hydrogen-bond acceptors (Lipinski definition) is 5. The van der Waals surface area contributed by atoms with E-state index in [1.54, 1.807) is 38.5 Å². The van der Waals surface area contributed by atoms with Gasteiger partial charge in [0.25, 0.3) is 0 Å². The predicted octanol–water partition coefficient (Wildman–Crippen LogP) is 2.44. The number of oxazole rings is 1. The van der Waals surface area contributed by atoms with Gasteiger partial charge in [0.15, 0.2) is 5.58 Å². The first kappa shape index (κ1) is 18.3. The van der Waals surface area contributed by atoms with Gasteiger partial charge in [-0.2, -0.15) is 0 Å². The van der Waals surface area contributed by atoms with Crippen LogP contribution in [0.3, 0.4) is 0 Å². The third-order valence-corrected chi connectivity index (χ3v) is 4.03. The molecule has 140 valence electrons. The van der Waals surface area contributed by atoms with Crippen LogP contribution in [0.2, 0.25) is 0 Å². The van der Waals surface area contributed by atoms with Gasteiger partial charge in [-0.15, -0.1) is 0 Å². The summed E-state index contributed by atoms with van der Waals surface area (Å²) in [5, 5.41) is 2.75. The number of aromatic nitrogens is 1. The summed E-state index contributed by atoms with van der Waals surface area (Å²) in [6.45, 7) is 0.596. The van der Waals surface area contributed by atoms with Crippen LogP contribution in [0.15, 0.2) is 57.8 Å². The van der Waals surface area contributed by atoms with E-state index in [1.165, 1.54) is 10.6 Å². The van der Waals surface area contributed by atoms with Crippen LogP contribution in [-0.4, -0.2) is 31.2 Å². The van der Waals surface area contributed by atoms with Gasteiger partial charge in [-0.05, 0) is 35.9 Å². The van der Waals surface area contributed by atoms with Gasteiger partial charge in [-0.25, -0.2) is 4.79 Å². The molecular weight excluding hydrogens is 348 g/mol. The second-order valence-corrected chi connectivity index (χ2v) is 5.75. The van der Waals surface area contributed by atoms with Crippen LogP contribution in [0.25, 0.3) is 17.2 Å². The molecule has 1 heterocycles. The maximum absolute atomic E-state index is 12.0. The quantitative estimate of drug-likeness (QED) is 0.648. The molecule has 0 radical (unpaired) electrons. The van der Waals surface area contributed by atoms with Crippen LogP contribution >= 0.6 is 0 Å². The van der Waals surface area contributed by atoms with Crippen molar-refractivity contribution >= 4 is 23.1 Å². The Morgan fingerprint density at radius 2 is 1.93 bits per heavy atom. The Hall–Kier alpha value is -3.48. The molecule has 27 heavy (non-hydrogen) atoms. The number of carbonyl (C=O) groups is 1. The van der Waals surface area contributed by atoms with E-state index in [1.807, 2.05) is 24.3 Å². The SMILES string of the molecule is COc1cccc(/C=C/C(=O)NCCn2c(=O)oc3cc(OC)ccc32)c1. The standard InChI is InChI=1S/C20H20N2O5/c1-25-15-5-3-4-14(12-15)6-9-19(23)21-10-11-22-17-8-7-16(26-2)13-18(17)27-20(22)24/h3-9,12-13H,10-11H2,1-2H3,(H,21,23)/b9-6+.